The third-order valence-corrected chi connectivity index (χ3v) is 3.06. The van der Waals surface area contributed by atoms with Crippen LogP contribution in [-0.4, -0.2) is 29.9 Å². The van der Waals surface area contributed by atoms with Crippen molar-refractivity contribution in [3.05, 3.63) is 64.0 Å². The lowest BCUT2D eigenvalue weighted by molar-refractivity contribution is -0.384. The van der Waals surface area contributed by atoms with Gasteiger partial charge in [0.05, 0.1) is 31.0 Å². The topological polar surface area (TPSA) is 91.6 Å². The molecule has 0 spiro atoms. The molecule has 0 saturated carbocycles. The van der Waals surface area contributed by atoms with Crippen LogP contribution in [0.25, 0.3) is 6.08 Å². The molecule has 2 rings (SSSR count). The first-order valence-corrected chi connectivity index (χ1v) is 6.60. The van der Waals surface area contributed by atoms with Gasteiger partial charge in [0.2, 0.25) is 0 Å². The summed E-state index contributed by atoms with van der Waals surface area (Å²) in [4.78, 5) is 26.2. The molecule has 1 aromatic carbocycles. The summed E-state index contributed by atoms with van der Waals surface area (Å²) in [5, 5.41) is 10.6. The number of methoxy groups -OCH3 is 2. The third-order valence-electron chi connectivity index (χ3n) is 3.06. The van der Waals surface area contributed by atoms with Crippen LogP contribution in [0.5, 0.6) is 11.5 Å². The predicted octanol–water partition coefficient (Wildman–Crippen LogP) is 2.90. The van der Waals surface area contributed by atoms with Gasteiger partial charge in [-0.3, -0.25) is 19.9 Å². The maximum atomic E-state index is 12.0. The summed E-state index contributed by atoms with van der Waals surface area (Å²) in [5.41, 5.74) is 0.817. The monoisotopic (exact) mass is 314 g/mol. The highest BCUT2D eigenvalue weighted by atomic mass is 16.6. The molecule has 0 fully saturated rings. The van der Waals surface area contributed by atoms with E-state index in [1.807, 2.05) is 0 Å². The van der Waals surface area contributed by atoms with Crippen LogP contribution >= 0.6 is 0 Å². The average molecular weight is 314 g/mol. The fraction of sp³-hybridized carbons (Fsp3) is 0.125. The summed E-state index contributed by atoms with van der Waals surface area (Å²) < 4.78 is 10.2. The standard InChI is InChI=1S/C16H14N2O5/c1-22-15-9-12(17-10-16(15)23-2)5-8-14(19)11-3-6-13(7-4-11)18(20)21/h3-10H,1-2H3/b8-5+. The zero-order valence-electron chi connectivity index (χ0n) is 12.6. The Morgan fingerprint density at radius 3 is 2.39 bits per heavy atom. The molecule has 23 heavy (non-hydrogen) atoms. The van der Waals surface area contributed by atoms with Crippen molar-refractivity contribution < 1.29 is 19.2 Å². The molecule has 0 saturated heterocycles. The largest absolute Gasteiger partial charge is 0.493 e. The lowest BCUT2D eigenvalue weighted by Crippen LogP contribution is -1.96. The Hall–Kier alpha value is -3.22. The number of nitro groups is 1. The van der Waals surface area contributed by atoms with E-state index in [0.29, 0.717) is 22.8 Å². The Labute approximate surface area is 132 Å². The van der Waals surface area contributed by atoms with Crippen molar-refractivity contribution in [1.29, 1.82) is 0 Å². The number of pyridine rings is 1. The molecule has 7 nitrogen and oxygen atoms in total. The van der Waals surface area contributed by atoms with E-state index in [9.17, 15) is 14.9 Å². The number of ether oxygens (including phenoxy) is 2. The van der Waals surface area contributed by atoms with Crippen LogP contribution in [0.3, 0.4) is 0 Å². The van der Waals surface area contributed by atoms with Crippen LogP contribution in [0.4, 0.5) is 5.69 Å². The average Bonchev–Trinajstić information content (AvgIpc) is 2.59. The van der Waals surface area contributed by atoms with Gasteiger partial charge >= 0.3 is 0 Å². The van der Waals surface area contributed by atoms with Crippen molar-refractivity contribution in [3.8, 4) is 11.5 Å². The predicted molar refractivity (Wildman–Crippen MR) is 83.8 cm³/mol. The van der Waals surface area contributed by atoms with Gasteiger partial charge in [-0.25, -0.2) is 0 Å². The van der Waals surface area contributed by atoms with E-state index in [0.717, 1.165) is 0 Å². The van der Waals surface area contributed by atoms with E-state index in [1.165, 1.54) is 56.8 Å². The summed E-state index contributed by atoms with van der Waals surface area (Å²) >= 11 is 0. The zero-order chi connectivity index (χ0) is 16.8. The normalized spacial score (nSPS) is 10.5. The Morgan fingerprint density at radius 1 is 1.17 bits per heavy atom. The van der Waals surface area contributed by atoms with E-state index in [-0.39, 0.29) is 11.5 Å². The van der Waals surface area contributed by atoms with Gasteiger partial charge in [-0.2, -0.15) is 0 Å². The lowest BCUT2D eigenvalue weighted by atomic mass is 10.1. The van der Waals surface area contributed by atoms with Crippen LogP contribution in [-0.2, 0) is 0 Å². The number of carbonyl (C=O) groups is 1. The number of non-ortho nitro benzene ring substituents is 1. The van der Waals surface area contributed by atoms with Gasteiger partial charge in [0.15, 0.2) is 17.3 Å². The van der Waals surface area contributed by atoms with Crippen LogP contribution in [0.15, 0.2) is 42.6 Å². The fourth-order valence-corrected chi connectivity index (χ4v) is 1.85. The highest BCUT2D eigenvalue weighted by molar-refractivity contribution is 6.06. The number of hydrogen-bond donors (Lipinski definition) is 0. The van der Waals surface area contributed by atoms with E-state index in [1.54, 1.807) is 6.07 Å². The van der Waals surface area contributed by atoms with E-state index in [4.69, 9.17) is 9.47 Å². The molecule has 118 valence electrons. The molecule has 0 N–H and O–H groups in total. The fourth-order valence-electron chi connectivity index (χ4n) is 1.85. The van der Waals surface area contributed by atoms with Crippen molar-refractivity contribution in [2.45, 2.75) is 0 Å². The molecule has 0 atom stereocenters. The molecular weight excluding hydrogens is 300 g/mol. The molecule has 0 aliphatic rings. The SMILES string of the molecule is COc1cnc(/C=C/C(=O)c2ccc([N+](=O)[O-])cc2)cc1OC. The number of nitrogens with zero attached hydrogens (tertiary/aromatic N) is 2. The van der Waals surface area contributed by atoms with Crippen molar-refractivity contribution in [2.24, 2.45) is 0 Å². The maximum absolute atomic E-state index is 12.0. The summed E-state index contributed by atoms with van der Waals surface area (Å²) in [7, 11) is 3.01. The minimum Gasteiger partial charge on any atom is -0.493 e. The molecule has 0 aliphatic carbocycles. The Balaban J connectivity index is 2.16. The quantitative estimate of drug-likeness (QED) is 0.352. The Morgan fingerprint density at radius 2 is 1.83 bits per heavy atom. The van der Waals surface area contributed by atoms with Crippen LogP contribution in [0.2, 0.25) is 0 Å². The maximum Gasteiger partial charge on any atom is 0.269 e. The van der Waals surface area contributed by atoms with Crippen LogP contribution in [0.1, 0.15) is 16.1 Å². The highest BCUT2D eigenvalue weighted by Crippen LogP contribution is 2.26. The van der Waals surface area contributed by atoms with Crippen LogP contribution in [0, 0.1) is 10.1 Å². The second kappa shape index (κ2) is 7.17. The van der Waals surface area contributed by atoms with E-state index in [2.05, 4.69) is 4.98 Å². The highest BCUT2D eigenvalue weighted by Gasteiger charge is 2.08. The van der Waals surface area contributed by atoms with Gasteiger partial charge in [-0.05, 0) is 24.3 Å². The van der Waals surface area contributed by atoms with Gasteiger partial charge in [0.1, 0.15) is 0 Å². The van der Waals surface area contributed by atoms with Crippen molar-refractivity contribution in [2.75, 3.05) is 14.2 Å². The second-order valence-electron chi connectivity index (χ2n) is 4.47. The van der Waals surface area contributed by atoms with Crippen molar-refractivity contribution in [1.82, 2.24) is 4.98 Å². The molecule has 0 aliphatic heterocycles. The van der Waals surface area contributed by atoms with Crippen LogP contribution < -0.4 is 9.47 Å². The summed E-state index contributed by atoms with van der Waals surface area (Å²) in [6, 6.07) is 7.03. The first kappa shape index (κ1) is 16.2. The molecule has 1 heterocycles. The number of benzene rings is 1. The number of carbonyl (C=O) groups excluding carboxylic acids is 1. The van der Waals surface area contributed by atoms with Gasteiger partial charge in [-0.15, -0.1) is 0 Å². The van der Waals surface area contributed by atoms with Gasteiger partial charge in [-0.1, -0.05) is 0 Å². The number of allylic oxidation sites excluding steroid dienone is 1. The minimum absolute atomic E-state index is 0.0629. The summed E-state index contributed by atoms with van der Waals surface area (Å²) in [6.07, 6.45) is 4.37. The molecule has 7 heteroatoms. The lowest BCUT2D eigenvalue weighted by Gasteiger charge is -2.06. The number of nitro benzene ring substituents is 1. The first-order valence-electron chi connectivity index (χ1n) is 6.60. The summed E-state index contributed by atoms with van der Waals surface area (Å²) in [5.74, 6) is 0.716. The van der Waals surface area contributed by atoms with Crippen molar-refractivity contribution >= 4 is 17.5 Å². The molecule has 0 bridgehead atoms. The van der Waals surface area contributed by atoms with Crippen molar-refractivity contribution in [3.63, 3.8) is 0 Å². The number of aromatic nitrogens is 1. The Kier molecular flexibility index (Phi) is 5.03. The van der Waals surface area contributed by atoms with Gasteiger partial charge in [0, 0.05) is 23.8 Å². The second-order valence-corrected chi connectivity index (χ2v) is 4.47. The number of hydrogen-bond acceptors (Lipinski definition) is 6. The summed E-state index contributed by atoms with van der Waals surface area (Å²) in [6.45, 7) is 0. The molecule has 0 unspecified atom stereocenters. The third kappa shape index (κ3) is 3.91. The van der Waals surface area contributed by atoms with Gasteiger partial charge in [0.25, 0.3) is 5.69 Å². The molecule has 0 amide bonds. The molecule has 0 radical (unpaired) electrons. The van der Waals surface area contributed by atoms with Gasteiger partial charge < -0.3 is 9.47 Å². The first-order chi connectivity index (χ1) is 11.0. The molecule has 2 aromatic rings. The minimum atomic E-state index is -0.516. The Bertz CT molecular complexity index is 754. The number of rotatable bonds is 6. The molecular formula is C16H14N2O5. The number of ketones is 1. The van der Waals surface area contributed by atoms with E-state index < -0.39 is 4.92 Å². The smallest absolute Gasteiger partial charge is 0.269 e. The molecule has 1 aromatic heterocycles. The van der Waals surface area contributed by atoms with E-state index >= 15 is 0 Å². The zero-order valence-corrected chi connectivity index (χ0v) is 12.6.